The van der Waals surface area contributed by atoms with E-state index < -0.39 is 5.54 Å². The molecule has 3 rings (SSSR count). The van der Waals surface area contributed by atoms with Gasteiger partial charge >= 0.3 is 6.03 Å². The van der Waals surface area contributed by atoms with Crippen LogP contribution in [0, 0.1) is 0 Å². The van der Waals surface area contributed by atoms with Gasteiger partial charge in [0.15, 0.2) is 0 Å². The normalized spacial score (nSPS) is 25.5. The summed E-state index contributed by atoms with van der Waals surface area (Å²) in [4.78, 5) is 26.8. The van der Waals surface area contributed by atoms with Gasteiger partial charge in [0, 0.05) is 23.7 Å². The molecular weight excluding hydrogens is 274 g/mol. The standard InChI is InChI=1S/C14H17N3O2S/c18-12-14(6-7-15-10-14)16-13(19)17(12)8-9-20-11-4-2-1-3-5-11/h1-5,15H,6-10H2,(H,16,19). The van der Waals surface area contributed by atoms with Gasteiger partial charge in [0.2, 0.25) is 0 Å². The van der Waals surface area contributed by atoms with Gasteiger partial charge in [-0.2, -0.15) is 0 Å². The summed E-state index contributed by atoms with van der Waals surface area (Å²) < 4.78 is 0. The van der Waals surface area contributed by atoms with E-state index in [-0.39, 0.29) is 11.9 Å². The maximum atomic E-state index is 12.4. The van der Waals surface area contributed by atoms with Crippen LogP contribution in [0.4, 0.5) is 4.79 Å². The van der Waals surface area contributed by atoms with Crippen LogP contribution in [0.25, 0.3) is 0 Å². The van der Waals surface area contributed by atoms with E-state index in [9.17, 15) is 9.59 Å². The SMILES string of the molecule is O=C1NC2(CCNC2)C(=O)N1CCSc1ccccc1. The fourth-order valence-corrected chi connectivity index (χ4v) is 3.49. The van der Waals surface area contributed by atoms with E-state index in [0.29, 0.717) is 25.3 Å². The summed E-state index contributed by atoms with van der Waals surface area (Å²) in [6, 6.07) is 9.73. The van der Waals surface area contributed by atoms with E-state index in [0.717, 1.165) is 11.4 Å². The third kappa shape index (κ3) is 2.41. The van der Waals surface area contributed by atoms with E-state index in [4.69, 9.17) is 0 Å². The molecule has 2 saturated heterocycles. The molecule has 2 N–H and O–H groups in total. The largest absolute Gasteiger partial charge is 0.325 e. The van der Waals surface area contributed by atoms with Crippen molar-refractivity contribution in [2.75, 3.05) is 25.4 Å². The van der Waals surface area contributed by atoms with Crippen LogP contribution in [0.2, 0.25) is 0 Å². The van der Waals surface area contributed by atoms with E-state index in [2.05, 4.69) is 10.6 Å². The Morgan fingerprint density at radius 2 is 2.05 bits per heavy atom. The van der Waals surface area contributed by atoms with Crippen molar-refractivity contribution in [3.05, 3.63) is 30.3 Å². The highest BCUT2D eigenvalue weighted by Crippen LogP contribution is 2.25. The molecule has 6 heteroatoms. The van der Waals surface area contributed by atoms with Gasteiger partial charge in [-0.05, 0) is 25.1 Å². The molecule has 106 valence electrons. The molecular formula is C14H17N3O2S. The smallest absolute Gasteiger partial charge is 0.322 e. The van der Waals surface area contributed by atoms with Crippen LogP contribution in [0.1, 0.15) is 6.42 Å². The van der Waals surface area contributed by atoms with Crippen LogP contribution in [0.5, 0.6) is 0 Å². The van der Waals surface area contributed by atoms with Crippen molar-refractivity contribution in [2.45, 2.75) is 16.9 Å². The average molecular weight is 291 g/mol. The molecule has 1 spiro atoms. The number of imide groups is 1. The Morgan fingerprint density at radius 1 is 1.25 bits per heavy atom. The number of carbonyl (C=O) groups excluding carboxylic acids is 2. The lowest BCUT2D eigenvalue weighted by Crippen LogP contribution is -2.48. The molecule has 1 atom stereocenters. The van der Waals surface area contributed by atoms with Crippen LogP contribution in [0.3, 0.4) is 0 Å². The molecule has 0 aliphatic carbocycles. The monoisotopic (exact) mass is 291 g/mol. The summed E-state index contributed by atoms with van der Waals surface area (Å²) in [5.74, 6) is 0.633. The van der Waals surface area contributed by atoms with Crippen LogP contribution >= 0.6 is 11.8 Å². The molecule has 2 fully saturated rings. The van der Waals surface area contributed by atoms with Crippen LogP contribution in [-0.2, 0) is 4.79 Å². The van der Waals surface area contributed by atoms with E-state index in [1.807, 2.05) is 30.3 Å². The second kappa shape index (κ2) is 5.46. The maximum Gasteiger partial charge on any atom is 0.325 e. The average Bonchev–Trinajstić information content (AvgIpc) is 3.01. The number of hydrogen-bond acceptors (Lipinski definition) is 4. The van der Waals surface area contributed by atoms with Crippen molar-refractivity contribution in [1.29, 1.82) is 0 Å². The molecule has 20 heavy (non-hydrogen) atoms. The molecule has 0 radical (unpaired) electrons. The second-order valence-electron chi connectivity index (χ2n) is 5.06. The van der Waals surface area contributed by atoms with Crippen LogP contribution in [-0.4, -0.2) is 47.8 Å². The summed E-state index contributed by atoms with van der Waals surface area (Å²) in [7, 11) is 0. The van der Waals surface area contributed by atoms with Gasteiger partial charge < -0.3 is 10.6 Å². The van der Waals surface area contributed by atoms with Gasteiger partial charge in [-0.25, -0.2) is 4.79 Å². The van der Waals surface area contributed by atoms with Gasteiger partial charge in [-0.15, -0.1) is 11.8 Å². The predicted molar refractivity (Wildman–Crippen MR) is 77.6 cm³/mol. The summed E-state index contributed by atoms with van der Waals surface area (Å²) in [6.45, 7) is 1.77. The second-order valence-corrected chi connectivity index (χ2v) is 6.23. The quantitative estimate of drug-likeness (QED) is 0.643. The molecule has 0 aromatic heterocycles. The Labute approximate surface area is 122 Å². The maximum absolute atomic E-state index is 12.4. The summed E-state index contributed by atoms with van der Waals surface area (Å²) in [5, 5.41) is 5.98. The molecule has 2 heterocycles. The molecule has 2 aliphatic heterocycles. The minimum absolute atomic E-state index is 0.0823. The minimum Gasteiger partial charge on any atom is -0.322 e. The van der Waals surface area contributed by atoms with Crippen molar-refractivity contribution in [2.24, 2.45) is 0 Å². The number of hydrogen-bond donors (Lipinski definition) is 2. The van der Waals surface area contributed by atoms with Gasteiger partial charge in [0.05, 0.1) is 0 Å². The van der Waals surface area contributed by atoms with Crippen molar-refractivity contribution >= 4 is 23.7 Å². The molecule has 1 aromatic rings. The van der Waals surface area contributed by atoms with Crippen molar-refractivity contribution in [3.63, 3.8) is 0 Å². The minimum atomic E-state index is -0.686. The molecule has 5 nitrogen and oxygen atoms in total. The molecule has 1 unspecified atom stereocenters. The van der Waals surface area contributed by atoms with Crippen molar-refractivity contribution in [1.82, 2.24) is 15.5 Å². The Bertz CT molecular complexity index is 514. The zero-order valence-corrected chi connectivity index (χ0v) is 11.9. The van der Waals surface area contributed by atoms with Gasteiger partial charge in [0.1, 0.15) is 5.54 Å². The Kier molecular flexibility index (Phi) is 3.67. The fourth-order valence-electron chi connectivity index (χ4n) is 2.63. The molecule has 3 amide bonds. The topological polar surface area (TPSA) is 61.4 Å². The first kappa shape index (κ1) is 13.5. The lowest BCUT2D eigenvalue weighted by molar-refractivity contribution is -0.130. The third-order valence-corrected chi connectivity index (χ3v) is 4.72. The molecule has 0 bridgehead atoms. The molecule has 0 saturated carbocycles. The zero-order valence-electron chi connectivity index (χ0n) is 11.1. The van der Waals surface area contributed by atoms with Crippen LogP contribution in [0.15, 0.2) is 35.2 Å². The number of rotatable bonds is 4. The highest BCUT2D eigenvalue weighted by atomic mass is 32.2. The molecule has 1 aromatic carbocycles. The number of carbonyl (C=O) groups is 2. The van der Waals surface area contributed by atoms with Gasteiger partial charge in [-0.1, -0.05) is 18.2 Å². The number of amides is 3. The van der Waals surface area contributed by atoms with E-state index in [1.54, 1.807) is 11.8 Å². The lowest BCUT2D eigenvalue weighted by atomic mass is 9.99. The first-order chi connectivity index (χ1) is 9.71. The van der Waals surface area contributed by atoms with Crippen LogP contribution < -0.4 is 10.6 Å². The summed E-state index contributed by atoms with van der Waals surface area (Å²) >= 11 is 1.65. The predicted octanol–water partition coefficient (Wildman–Crippen LogP) is 1.06. The number of nitrogens with zero attached hydrogens (tertiary/aromatic N) is 1. The number of thioether (sulfide) groups is 1. The first-order valence-corrected chi connectivity index (χ1v) is 7.72. The molecule has 2 aliphatic rings. The lowest BCUT2D eigenvalue weighted by Gasteiger charge is -2.19. The number of nitrogens with one attached hydrogen (secondary N) is 2. The summed E-state index contributed by atoms with van der Waals surface area (Å²) in [5.41, 5.74) is -0.686. The highest BCUT2D eigenvalue weighted by Gasteiger charge is 2.52. The zero-order chi connectivity index (χ0) is 14.0. The Hall–Kier alpha value is -1.53. The Morgan fingerprint density at radius 3 is 2.75 bits per heavy atom. The van der Waals surface area contributed by atoms with E-state index >= 15 is 0 Å². The van der Waals surface area contributed by atoms with Crippen molar-refractivity contribution in [3.8, 4) is 0 Å². The fraction of sp³-hybridized carbons (Fsp3) is 0.429. The Balaban J connectivity index is 1.58. The third-order valence-electron chi connectivity index (χ3n) is 3.73. The van der Waals surface area contributed by atoms with Crippen molar-refractivity contribution < 1.29 is 9.59 Å². The summed E-state index contributed by atoms with van der Waals surface area (Å²) in [6.07, 6.45) is 0.680. The number of benzene rings is 1. The highest BCUT2D eigenvalue weighted by molar-refractivity contribution is 7.99. The number of urea groups is 1. The van der Waals surface area contributed by atoms with E-state index in [1.165, 1.54) is 4.90 Å². The first-order valence-electron chi connectivity index (χ1n) is 6.74. The van der Waals surface area contributed by atoms with Gasteiger partial charge in [-0.3, -0.25) is 9.69 Å². The van der Waals surface area contributed by atoms with Gasteiger partial charge in [0.25, 0.3) is 5.91 Å².